The number of aryl methyl sites for hydroxylation is 1. The van der Waals surface area contributed by atoms with Gasteiger partial charge in [0.15, 0.2) is 11.5 Å². The van der Waals surface area contributed by atoms with Gasteiger partial charge in [-0.2, -0.15) is 0 Å². The molecular weight excluding hydrogens is 288 g/mol. The smallest absolute Gasteiger partial charge is 0.231 e. The van der Waals surface area contributed by atoms with Gasteiger partial charge in [-0.15, -0.1) is 11.3 Å². The highest BCUT2D eigenvalue weighted by Crippen LogP contribution is 2.44. The van der Waals surface area contributed by atoms with Gasteiger partial charge in [-0.1, -0.05) is 0 Å². The SMILES string of the molecule is COc1cc2c(cc1-c1ncnc3c(C)csc13)OCO2. The minimum atomic E-state index is 0.235. The molecular formula is C15H12N2O3S. The van der Waals surface area contributed by atoms with E-state index in [1.807, 2.05) is 19.1 Å². The molecule has 0 saturated carbocycles. The second-order valence-corrected chi connectivity index (χ2v) is 5.60. The van der Waals surface area contributed by atoms with Crippen LogP contribution in [0.25, 0.3) is 21.5 Å². The lowest BCUT2D eigenvalue weighted by atomic mass is 10.1. The van der Waals surface area contributed by atoms with Gasteiger partial charge in [0.25, 0.3) is 0 Å². The van der Waals surface area contributed by atoms with Crippen molar-refractivity contribution in [3.8, 4) is 28.5 Å². The van der Waals surface area contributed by atoms with Gasteiger partial charge >= 0.3 is 0 Å². The molecule has 106 valence electrons. The van der Waals surface area contributed by atoms with Gasteiger partial charge in [0.1, 0.15) is 12.1 Å². The van der Waals surface area contributed by atoms with Crippen LogP contribution in [-0.2, 0) is 0 Å². The zero-order chi connectivity index (χ0) is 14.4. The van der Waals surface area contributed by atoms with E-state index < -0.39 is 0 Å². The van der Waals surface area contributed by atoms with Gasteiger partial charge in [-0.05, 0) is 23.9 Å². The summed E-state index contributed by atoms with van der Waals surface area (Å²) in [5, 5.41) is 2.09. The summed E-state index contributed by atoms with van der Waals surface area (Å²) >= 11 is 1.64. The number of hydrogen-bond acceptors (Lipinski definition) is 6. The highest BCUT2D eigenvalue weighted by Gasteiger charge is 2.21. The molecule has 2 aromatic heterocycles. The van der Waals surface area contributed by atoms with Crippen molar-refractivity contribution in [2.24, 2.45) is 0 Å². The summed E-state index contributed by atoms with van der Waals surface area (Å²) < 4.78 is 17.4. The molecule has 0 N–H and O–H groups in total. The van der Waals surface area contributed by atoms with E-state index in [9.17, 15) is 0 Å². The van der Waals surface area contributed by atoms with Crippen LogP contribution in [0.2, 0.25) is 0 Å². The van der Waals surface area contributed by atoms with Crippen molar-refractivity contribution in [1.29, 1.82) is 0 Å². The minimum Gasteiger partial charge on any atom is -0.496 e. The third-order valence-corrected chi connectivity index (χ3v) is 4.57. The fraction of sp³-hybridized carbons (Fsp3) is 0.200. The molecule has 0 fully saturated rings. The van der Waals surface area contributed by atoms with E-state index in [1.165, 1.54) is 0 Å². The highest BCUT2D eigenvalue weighted by atomic mass is 32.1. The first-order valence-electron chi connectivity index (χ1n) is 6.44. The van der Waals surface area contributed by atoms with Crippen LogP contribution in [0.1, 0.15) is 5.56 Å². The van der Waals surface area contributed by atoms with E-state index in [-0.39, 0.29) is 6.79 Å². The predicted octanol–water partition coefficient (Wildman–Crippen LogP) is 3.40. The molecule has 3 aromatic rings. The number of hydrogen-bond donors (Lipinski definition) is 0. The molecule has 1 aromatic carbocycles. The summed E-state index contributed by atoms with van der Waals surface area (Å²) in [5.74, 6) is 2.12. The third kappa shape index (κ3) is 1.83. The molecule has 0 radical (unpaired) electrons. The predicted molar refractivity (Wildman–Crippen MR) is 80.3 cm³/mol. The first kappa shape index (κ1) is 12.4. The van der Waals surface area contributed by atoms with E-state index in [4.69, 9.17) is 14.2 Å². The number of nitrogens with zero attached hydrogens (tertiary/aromatic N) is 2. The fourth-order valence-electron chi connectivity index (χ4n) is 2.44. The number of benzene rings is 1. The van der Waals surface area contributed by atoms with Crippen molar-refractivity contribution >= 4 is 21.6 Å². The first-order chi connectivity index (χ1) is 10.3. The molecule has 0 saturated heterocycles. The molecule has 3 heterocycles. The molecule has 21 heavy (non-hydrogen) atoms. The molecule has 0 aliphatic carbocycles. The number of methoxy groups -OCH3 is 1. The molecule has 4 rings (SSSR count). The van der Waals surface area contributed by atoms with Crippen molar-refractivity contribution in [3.63, 3.8) is 0 Å². The summed E-state index contributed by atoms with van der Waals surface area (Å²) in [6.45, 7) is 2.28. The van der Waals surface area contributed by atoms with E-state index >= 15 is 0 Å². The summed E-state index contributed by atoms with van der Waals surface area (Å²) in [6.07, 6.45) is 1.58. The molecule has 5 nitrogen and oxygen atoms in total. The van der Waals surface area contributed by atoms with E-state index in [0.717, 1.165) is 27.0 Å². The molecule has 1 aliphatic rings. The maximum absolute atomic E-state index is 5.49. The number of aromatic nitrogens is 2. The van der Waals surface area contributed by atoms with Crippen molar-refractivity contribution < 1.29 is 14.2 Å². The van der Waals surface area contributed by atoms with Crippen LogP contribution in [-0.4, -0.2) is 23.9 Å². The van der Waals surface area contributed by atoms with Crippen LogP contribution in [0.4, 0.5) is 0 Å². The average molecular weight is 300 g/mol. The molecule has 0 amide bonds. The van der Waals surface area contributed by atoms with E-state index in [2.05, 4.69) is 15.3 Å². The number of fused-ring (bicyclic) bond motifs is 2. The lowest BCUT2D eigenvalue weighted by molar-refractivity contribution is 0.174. The Bertz CT molecular complexity index is 844. The minimum absolute atomic E-state index is 0.235. The fourth-order valence-corrected chi connectivity index (χ4v) is 3.44. The molecule has 0 atom stereocenters. The van der Waals surface area contributed by atoms with Crippen LogP contribution in [0.3, 0.4) is 0 Å². The van der Waals surface area contributed by atoms with Crippen LogP contribution >= 0.6 is 11.3 Å². The number of ether oxygens (including phenoxy) is 3. The van der Waals surface area contributed by atoms with Crippen molar-refractivity contribution in [3.05, 3.63) is 29.4 Å². The zero-order valence-electron chi connectivity index (χ0n) is 11.5. The Labute approximate surface area is 125 Å². The van der Waals surface area contributed by atoms with Crippen LogP contribution in [0, 0.1) is 6.92 Å². The summed E-state index contributed by atoms with van der Waals surface area (Å²) in [6, 6.07) is 3.75. The maximum Gasteiger partial charge on any atom is 0.231 e. The quantitative estimate of drug-likeness (QED) is 0.726. The Morgan fingerprint density at radius 1 is 1.19 bits per heavy atom. The average Bonchev–Trinajstić information content (AvgIpc) is 3.12. The van der Waals surface area contributed by atoms with E-state index in [1.54, 1.807) is 24.8 Å². The monoisotopic (exact) mass is 300 g/mol. The largest absolute Gasteiger partial charge is 0.496 e. The first-order valence-corrected chi connectivity index (χ1v) is 7.32. The van der Waals surface area contributed by atoms with Gasteiger partial charge in [0.05, 0.1) is 23.0 Å². The highest BCUT2D eigenvalue weighted by molar-refractivity contribution is 7.17. The zero-order valence-corrected chi connectivity index (χ0v) is 12.4. The standard InChI is InChI=1S/C15H12N2O3S/c1-8-5-21-15-13(8)16-6-17-14(15)9-3-11-12(20-7-19-11)4-10(9)18-2/h3-6H,7H2,1-2H3. The third-order valence-electron chi connectivity index (χ3n) is 3.48. The van der Waals surface area contributed by atoms with E-state index in [0.29, 0.717) is 17.2 Å². The molecule has 0 spiro atoms. The summed E-state index contributed by atoms with van der Waals surface area (Å²) in [4.78, 5) is 8.80. The van der Waals surface area contributed by atoms with Crippen molar-refractivity contribution in [2.45, 2.75) is 6.92 Å². The normalized spacial score (nSPS) is 12.9. The topological polar surface area (TPSA) is 53.5 Å². The van der Waals surface area contributed by atoms with Gasteiger partial charge in [-0.3, -0.25) is 0 Å². The van der Waals surface area contributed by atoms with Gasteiger partial charge in [-0.25, -0.2) is 9.97 Å². The molecule has 1 aliphatic heterocycles. The Morgan fingerprint density at radius 2 is 2.00 bits per heavy atom. The summed E-state index contributed by atoms with van der Waals surface area (Å²) in [5.41, 5.74) is 3.87. The number of thiophene rings is 1. The Hall–Kier alpha value is -2.34. The van der Waals surface area contributed by atoms with Gasteiger partial charge in [0, 0.05) is 11.6 Å². The molecule has 0 bridgehead atoms. The van der Waals surface area contributed by atoms with Crippen LogP contribution in [0.15, 0.2) is 23.8 Å². The Kier molecular flexibility index (Phi) is 2.71. The van der Waals surface area contributed by atoms with Crippen LogP contribution in [0.5, 0.6) is 17.2 Å². The number of rotatable bonds is 2. The Balaban J connectivity index is 2.00. The van der Waals surface area contributed by atoms with Crippen LogP contribution < -0.4 is 14.2 Å². The van der Waals surface area contributed by atoms with Crippen molar-refractivity contribution in [1.82, 2.24) is 9.97 Å². The Morgan fingerprint density at radius 3 is 2.81 bits per heavy atom. The summed E-state index contributed by atoms with van der Waals surface area (Å²) in [7, 11) is 1.64. The van der Waals surface area contributed by atoms with Crippen molar-refractivity contribution in [2.75, 3.05) is 13.9 Å². The molecule has 6 heteroatoms. The second kappa shape index (κ2) is 4.60. The molecule has 0 unspecified atom stereocenters. The van der Waals surface area contributed by atoms with Gasteiger partial charge in [0.2, 0.25) is 6.79 Å². The maximum atomic E-state index is 5.49. The second-order valence-electron chi connectivity index (χ2n) is 4.72. The lowest BCUT2D eigenvalue weighted by Gasteiger charge is -2.10. The van der Waals surface area contributed by atoms with Gasteiger partial charge < -0.3 is 14.2 Å². The lowest BCUT2D eigenvalue weighted by Crippen LogP contribution is -1.92.